The fourth-order valence-corrected chi connectivity index (χ4v) is 1.84. The standard InChI is InChI=1S/C12H17N3O2/c1-10-3-7-15(8-4-10)11(16)9-17-12-13-5-2-6-14-12/h2,5-6,10H,3-4,7-9H2,1H3. The number of carbonyl (C=O) groups excluding carboxylic acids is 1. The molecule has 2 heterocycles. The van der Waals surface area contributed by atoms with Gasteiger partial charge in [0.05, 0.1) is 0 Å². The van der Waals surface area contributed by atoms with Crippen LogP contribution in [-0.4, -0.2) is 40.5 Å². The number of ether oxygens (including phenoxy) is 1. The topological polar surface area (TPSA) is 55.3 Å². The average Bonchev–Trinajstić information content (AvgIpc) is 2.38. The van der Waals surface area contributed by atoms with Crippen LogP contribution in [0.4, 0.5) is 0 Å². The summed E-state index contributed by atoms with van der Waals surface area (Å²) in [4.78, 5) is 21.5. The highest BCUT2D eigenvalue weighted by molar-refractivity contribution is 5.77. The lowest BCUT2D eigenvalue weighted by atomic mass is 9.99. The van der Waals surface area contributed by atoms with Crippen LogP contribution in [0.15, 0.2) is 18.5 Å². The maximum atomic E-state index is 11.8. The molecule has 0 aromatic carbocycles. The van der Waals surface area contributed by atoms with E-state index in [1.54, 1.807) is 18.5 Å². The fraction of sp³-hybridized carbons (Fsp3) is 0.583. The van der Waals surface area contributed by atoms with Crippen molar-refractivity contribution in [1.82, 2.24) is 14.9 Å². The molecule has 1 fully saturated rings. The van der Waals surface area contributed by atoms with E-state index in [0.717, 1.165) is 31.8 Å². The summed E-state index contributed by atoms with van der Waals surface area (Å²) < 4.78 is 5.23. The van der Waals surface area contributed by atoms with Crippen molar-refractivity contribution in [1.29, 1.82) is 0 Å². The van der Waals surface area contributed by atoms with Crippen LogP contribution in [0, 0.1) is 5.92 Å². The lowest BCUT2D eigenvalue weighted by Gasteiger charge is -2.30. The molecule has 0 aliphatic carbocycles. The zero-order valence-corrected chi connectivity index (χ0v) is 10.0. The summed E-state index contributed by atoms with van der Waals surface area (Å²) in [5.74, 6) is 0.738. The highest BCUT2D eigenvalue weighted by atomic mass is 16.5. The van der Waals surface area contributed by atoms with Gasteiger partial charge in [-0.15, -0.1) is 0 Å². The van der Waals surface area contributed by atoms with Crippen molar-refractivity contribution >= 4 is 5.91 Å². The summed E-state index contributed by atoms with van der Waals surface area (Å²) in [6.45, 7) is 3.91. The van der Waals surface area contributed by atoms with E-state index in [1.165, 1.54) is 0 Å². The molecule has 0 unspecified atom stereocenters. The molecule has 0 atom stereocenters. The third kappa shape index (κ3) is 3.41. The molecule has 92 valence electrons. The van der Waals surface area contributed by atoms with Gasteiger partial charge in [-0.05, 0) is 24.8 Å². The van der Waals surface area contributed by atoms with Crippen molar-refractivity contribution in [3.05, 3.63) is 18.5 Å². The molecule has 1 aliphatic heterocycles. The number of likely N-dealkylation sites (tertiary alicyclic amines) is 1. The third-order valence-corrected chi connectivity index (χ3v) is 3.00. The number of aromatic nitrogens is 2. The molecule has 0 spiro atoms. The van der Waals surface area contributed by atoms with E-state index < -0.39 is 0 Å². The molecule has 0 saturated carbocycles. The van der Waals surface area contributed by atoms with Crippen LogP contribution >= 0.6 is 0 Å². The molecule has 1 aromatic rings. The van der Waals surface area contributed by atoms with Gasteiger partial charge in [0.15, 0.2) is 6.61 Å². The first-order chi connectivity index (χ1) is 8.25. The predicted octanol–water partition coefficient (Wildman–Crippen LogP) is 1.11. The van der Waals surface area contributed by atoms with Gasteiger partial charge in [-0.2, -0.15) is 0 Å². The summed E-state index contributed by atoms with van der Waals surface area (Å²) in [5.41, 5.74) is 0. The van der Waals surface area contributed by atoms with Crippen LogP contribution in [0.1, 0.15) is 19.8 Å². The zero-order valence-electron chi connectivity index (χ0n) is 10.0. The van der Waals surface area contributed by atoms with Crippen LogP contribution in [-0.2, 0) is 4.79 Å². The number of hydrogen-bond acceptors (Lipinski definition) is 4. The molecule has 17 heavy (non-hydrogen) atoms. The minimum Gasteiger partial charge on any atom is -0.453 e. The Labute approximate surface area is 101 Å². The van der Waals surface area contributed by atoms with Crippen LogP contribution in [0.25, 0.3) is 0 Å². The molecule has 1 saturated heterocycles. The highest BCUT2D eigenvalue weighted by Gasteiger charge is 2.20. The molecule has 1 aliphatic rings. The normalized spacial score (nSPS) is 16.9. The van der Waals surface area contributed by atoms with Gasteiger partial charge >= 0.3 is 6.01 Å². The van der Waals surface area contributed by atoms with E-state index in [4.69, 9.17) is 4.74 Å². The van der Waals surface area contributed by atoms with Crippen molar-refractivity contribution < 1.29 is 9.53 Å². The van der Waals surface area contributed by atoms with Gasteiger partial charge in [0, 0.05) is 25.5 Å². The maximum Gasteiger partial charge on any atom is 0.316 e. The SMILES string of the molecule is CC1CCN(C(=O)COc2ncccn2)CC1. The Morgan fingerprint density at radius 1 is 1.41 bits per heavy atom. The number of piperidine rings is 1. The van der Waals surface area contributed by atoms with Crippen molar-refractivity contribution in [3.63, 3.8) is 0 Å². The van der Waals surface area contributed by atoms with Crippen molar-refractivity contribution in [2.24, 2.45) is 5.92 Å². The Morgan fingerprint density at radius 2 is 2.06 bits per heavy atom. The van der Waals surface area contributed by atoms with Crippen molar-refractivity contribution in [2.75, 3.05) is 19.7 Å². The largest absolute Gasteiger partial charge is 0.453 e. The highest BCUT2D eigenvalue weighted by Crippen LogP contribution is 2.15. The van der Waals surface area contributed by atoms with Gasteiger partial charge in [-0.25, -0.2) is 9.97 Å². The Morgan fingerprint density at radius 3 is 2.71 bits per heavy atom. The average molecular weight is 235 g/mol. The minimum atomic E-state index is 0.0179. The Hall–Kier alpha value is -1.65. The first-order valence-corrected chi connectivity index (χ1v) is 5.93. The number of nitrogens with zero attached hydrogens (tertiary/aromatic N) is 3. The first-order valence-electron chi connectivity index (χ1n) is 5.93. The number of hydrogen-bond donors (Lipinski definition) is 0. The molecule has 0 N–H and O–H groups in total. The quantitative estimate of drug-likeness (QED) is 0.787. The first kappa shape index (κ1) is 11.8. The van der Waals surface area contributed by atoms with Crippen LogP contribution in [0.3, 0.4) is 0 Å². The lowest BCUT2D eigenvalue weighted by Crippen LogP contribution is -2.40. The maximum absolute atomic E-state index is 11.8. The second kappa shape index (κ2) is 5.61. The molecular weight excluding hydrogens is 218 g/mol. The Balaban J connectivity index is 1.78. The molecule has 2 rings (SSSR count). The molecule has 0 radical (unpaired) electrons. The second-order valence-electron chi connectivity index (χ2n) is 4.38. The number of rotatable bonds is 3. The summed E-state index contributed by atoms with van der Waals surface area (Å²) in [5, 5.41) is 0. The summed E-state index contributed by atoms with van der Waals surface area (Å²) in [7, 11) is 0. The van der Waals surface area contributed by atoms with E-state index in [9.17, 15) is 4.79 Å². The molecule has 1 amide bonds. The van der Waals surface area contributed by atoms with E-state index >= 15 is 0 Å². The van der Waals surface area contributed by atoms with Crippen LogP contribution < -0.4 is 4.74 Å². The molecule has 1 aromatic heterocycles. The van der Waals surface area contributed by atoms with E-state index in [0.29, 0.717) is 0 Å². The van der Waals surface area contributed by atoms with E-state index in [-0.39, 0.29) is 18.5 Å². The monoisotopic (exact) mass is 235 g/mol. The molecule has 5 nitrogen and oxygen atoms in total. The van der Waals surface area contributed by atoms with Crippen LogP contribution in [0.5, 0.6) is 6.01 Å². The molecule has 0 bridgehead atoms. The molecular formula is C12H17N3O2. The van der Waals surface area contributed by atoms with Gasteiger partial charge in [0.1, 0.15) is 0 Å². The molecule has 5 heteroatoms. The number of amides is 1. The summed E-state index contributed by atoms with van der Waals surface area (Å²) in [6.07, 6.45) is 5.34. The van der Waals surface area contributed by atoms with E-state index in [2.05, 4.69) is 16.9 Å². The Bertz CT molecular complexity index is 361. The minimum absolute atomic E-state index is 0.0179. The Kier molecular flexibility index (Phi) is 3.90. The lowest BCUT2D eigenvalue weighted by molar-refractivity contribution is -0.134. The fourth-order valence-electron chi connectivity index (χ4n) is 1.84. The number of carbonyl (C=O) groups is 1. The third-order valence-electron chi connectivity index (χ3n) is 3.00. The van der Waals surface area contributed by atoms with Gasteiger partial charge in [-0.1, -0.05) is 6.92 Å². The van der Waals surface area contributed by atoms with Crippen molar-refractivity contribution in [3.8, 4) is 6.01 Å². The second-order valence-corrected chi connectivity index (χ2v) is 4.38. The predicted molar refractivity (Wildman–Crippen MR) is 62.5 cm³/mol. The van der Waals surface area contributed by atoms with E-state index in [1.807, 2.05) is 4.90 Å². The van der Waals surface area contributed by atoms with Gasteiger partial charge < -0.3 is 9.64 Å². The van der Waals surface area contributed by atoms with Crippen LogP contribution in [0.2, 0.25) is 0 Å². The summed E-state index contributed by atoms with van der Waals surface area (Å²) in [6, 6.07) is 1.96. The van der Waals surface area contributed by atoms with Gasteiger partial charge in [-0.3, -0.25) is 4.79 Å². The van der Waals surface area contributed by atoms with Gasteiger partial charge in [0.25, 0.3) is 5.91 Å². The smallest absolute Gasteiger partial charge is 0.316 e. The summed E-state index contributed by atoms with van der Waals surface area (Å²) >= 11 is 0. The van der Waals surface area contributed by atoms with Crippen molar-refractivity contribution in [2.45, 2.75) is 19.8 Å². The van der Waals surface area contributed by atoms with Gasteiger partial charge in [0.2, 0.25) is 0 Å². The zero-order chi connectivity index (χ0) is 12.1.